The van der Waals surface area contributed by atoms with Gasteiger partial charge in [0.1, 0.15) is 0 Å². The van der Waals surface area contributed by atoms with Gasteiger partial charge in [-0.2, -0.15) is 0 Å². The lowest BCUT2D eigenvalue weighted by molar-refractivity contribution is 0.275. The molecule has 7 nitrogen and oxygen atoms in total. The predicted molar refractivity (Wildman–Crippen MR) is 41.7 cm³/mol. The van der Waals surface area contributed by atoms with Crippen molar-refractivity contribution in [2.75, 3.05) is 0 Å². The van der Waals surface area contributed by atoms with Crippen LogP contribution in [0.25, 0.3) is 0 Å². The van der Waals surface area contributed by atoms with Crippen LogP contribution in [0.2, 0.25) is 0 Å². The van der Waals surface area contributed by atoms with Gasteiger partial charge in [0.2, 0.25) is 0 Å². The zero-order valence-electron chi connectivity index (χ0n) is 6.34. The van der Waals surface area contributed by atoms with E-state index in [1.165, 1.54) is 0 Å². The Balaban J connectivity index is -0.000000107. The second-order valence-electron chi connectivity index (χ2n) is 1.59. The molecular formula is C3H16N3O4P. The summed E-state index contributed by atoms with van der Waals surface area (Å²) in [6, 6.07) is 0. The van der Waals surface area contributed by atoms with Crippen LogP contribution in [0.3, 0.4) is 0 Å². The van der Waals surface area contributed by atoms with Crippen LogP contribution in [-0.4, -0.2) is 20.8 Å². The quantitative estimate of drug-likeness (QED) is 0.224. The minimum atomic E-state index is -4.64. The first-order valence-corrected chi connectivity index (χ1v) is 4.13. The highest BCUT2D eigenvalue weighted by molar-refractivity contribution is 7.45. The molecule has 8 heteroatoms. The molecule has 0 unspecified atom stereocenters. The molecule has 0 fully saturated rings. The van der Waals surface area contributed by atoms with Crippen molar-refractivity contribution in [1.82, 2.24) is 6.15 Å². The largest absolute Gasteiger partial charge is 0.466 e. The van der Waals surface area contributed by atoms with Crippen molar-refractivity contribution in [1.29, 1.82) is 0 Å². The first kappa shape index (κ1) is 17.2. The van der Waals surface area contributed by atoms with Crippen LogP contribution in [0.15, 0.2) is 0 Å². The number of rotatable bonds is 1. The topological polar surface area (TPSA) is 165 Å². The van der Waals surface area contributed by atoms with Crippen molar-refractivity contribution in [3.05, 3.63) is 0 Å². The van der Waals surface area contributed by atoms with Gasteiger partial charge in [0.05, 0.1) is 6.17 Å². The molecule has 0 aromatic carbocycles. The number of phosphoric acid groups is 1. The lowest BCUT2D eigenvalue weighted by atomic mass is 10.4. The molecular weight excluding hydrogens is 173 g/mol. The summed E-state index contributed by atoms with van der Waals surface area (Å²) >= 11 is 0. The molecule has 72 valence electrons. The molecule has 0 aliphatic rings. The zero-order valence-corrected chi connectivity index (χ0v) is 7.24. The van der Waals surface area contributed by atoms with Gasteiger partial charge in [-0.3, -0.25) is 0 Å². The normalized spacial score (nSPS) is 9.73. The van der Waals surface area contributed by atoms with Gasteiger partial charge in [-0.05, 0) is 6.42 Å². The fourth-order valence-electron chi connectivity index (χ4n) is 0. The van der Waals surface area contributed by atoms with E-state index in [1.807, 2.05) is 6.92 Å². The minimum Gasteiger partial charge on any atom is -0.344 e. The third-order valence-electron chi connectivity index (χ3n) is 0.471. The van der Waals surface area contributed by atoms with Crippen molar-refractivity contribution < 1.29 is 19.2 Å². The van der Waals surface area contributed by atoms with E-state index in [1.54, 1.807) is 0 Å². The standard InChI is InChI=1S/C3H10N2.H3N.H3O4P/c1-2-3(4)5;;1-5(2,3)4/h3H,2,4-5H2,1H3;1H3;(H3,1,2,3,4). The van der Waals surface area contributed by atoms with E-state index < -0.39 is 7.82 Å². The molecule has 0 amide bonds. The highest BCUT2D eigenvalue weighted by atomic mass is 31.2. The molecule has 0 radical (unpaired) electrons. The summed E-state index contributed by atoms with van der Waals surface area (Å²) in [4.78, 5) is 21.6. The molecule has 11 heavy (non-hydrogen) atoms. The Morgan fingerprint density at radius 3 is 1.45 bits per heavy atom. The summed E-state index contributed by atoms with van der Waals surface area (Å²) in [6.45, 7) is 1.95. The van der Waals surface area contributed by atoms with E-state index in [0.717, 1.165) is 6.42 Å². The third kappa shape index (κ3) is 161. The fourth-order valence-corrected chi connectivity index (χ4v) is 0. The first-order valence-electron chi connectivity index (χ1n) is 2.56. The number of hydrogen-bond acceptors (Lipinski definition) is 4. The molecule has 0 aliphatic heterocycles. The van der Waals surface area contributed by atoms with E-state index in [0.29, 0.717) is 0 Å². The average molecular weight is 189 g/mol. The van der Waals surface area contributed by atoms with E-state index in [9.17, 15) is 0 Å². The minimum absolute atomic E-state index is 0. The van der Waals surface area contributed by atoms with Gasteiger partial charge in [-0.25, -0.2) is 4.57 Å². The summed E-state index contributed by atoms with van der Waals surface area (Å²) in [7, 11) is -4.64. The maximum absolute atomic E-state index is 8.88. The van der Waals surface area contributed by atoms with Crippen molar-refractivity contribution in [2.45, 2.75) is 19.5 Å². The molecule has 0 saturated heterocycles. The molecule has 0 aromatic rings. The molecule has 0 spiro atoms. The van der Waals surface area contributed by atoms with Gasteiger partial charge in [-0.1, -0.05) is 6.92 Å². The highest BCUT2D eigenvalue weighted by Crippen LogP contribution is 2.25. The third-order valence-corrected chi connectivity index (χ3v) is 0.471. The van der Waals surface area contributed by atoms with Gasteiger partial charge >= 0.3 is 7.82 Å². The Bertz CT molecular complexity index is 105. The molecule has 0 rings (SSSR count). The van der Waals surface area contributed by atoms with Gasteiger partial charge < -0.3 is 32.3 Å². The van der Waals surface area contributed by atoms with E-state index in [-0.39, 0.29) is 12.3 Å². The maximum Gasteiger partial charge on any atom is 0.466 e. The molecule has 0 saturated carbocycles. The molecule has 0 aliphatic carbocycles. The summed E-state index contributed by atoms with van der Waals surface area (Å²) in [5.74, 6) is 0. The monoisotopic (exact) mass is 189 g/mol. The lowest BCUT2D eigenvalue weighted by Gasteiger charge is -1.92. The van der Waals surface area contributed by atoms with E-state index >= 15 is 0 Å². The Labute approximate surface area is 65.2 Å². The molecule has 0 heterocycles. The highest BCUT2D eigenvalue weighted by Gasteiger charge is 2.00. The summed E-state index contributed by atoms with van der Waals surface area (Å²) < 4.78 is 8.88. The maximum atomic E-state index is 8.88. The Hall–Kier alpha value is -0.0100. The van der Waals surface area contributed by atoms with Crippen LogP contribution in [0, 0.1) is 0 Å². The van der Waals surface area contributed by atoms with E-state index in [2.05, 4.69) is 0 Å². The SMILES string of the molecule is CCC(N)N.N.O=P(O)(O)O. The molecule has 10 N–H and O–H groups in total. The first-order chi connectivity index (χ1) is 4.27. The zero-order chi connectivity index (χ0) is 8.78. The van der Waals surface area contributed by atoms with Gasteiger partial charge in [-0.15, -0.1) is 0 Å². The Kier molecular flexibility index (Phi) is 12.6. The van der Waals surface area contributed by atoms with Crippen LogP contribution in [-0.2, 0) is 4.57 Å². The Morgan fingerprint density at radius 1 is 1.36 bits per heavy atom. The molecule has 0 bridgehead atoms. The van der Waals surface area contributed by atoms with Crippen LogP contribution in [0.4, 0.5) is 0 Å². The summed E-state index contributed by atoms with van der Waals surface area (Å²) in [5, 5.41) is 0. The van der Waals surface area contributed by atoms with Crippen molar-refractivity contribution >= 4 is 7.82 Å². The van der Waals surface area contributed by atoms with Crippen LogP contribution in [0.5, 0.6) is 0 Å². The van der Waals surface area contributed by atoms with E-state index in [4.69, 9.17) is 30.7 Å². The summed E-state index contributed by atoms with van der Waals surface area (Å²) in [5.41, 5.74) is 10.1. The predicted octanol–water partition coefficient (Wildman–Crippen LogP) is -1.13. The summed E-state index contributed by atoms with van der Waals surface area (Å²) in [6.07, 6.45) is 0.745. The van der Waals surface area contributed by atoms with Gasteiger partial charge in [0.15, 0.2) is 0 Å². The van der Waals surface area contributed by atoms with Crippen molar-refractivity contribution in [3.63, 3.8) is 0 Å². The second kappa shape index (κ2) is 8.09. The average Bonchev–Trinajstić information content (AvgIpc) is 1.61. The van der Waals surface area contributed by atoms with Gasteiger partial charge in [0, 0.05) is 0 Å². The van der Waals surface area contributed by atoms with Crippen molar-refractivity contribution in [3.8, 4) is 0 Å². The van der Waals surface area contributed by atoms with Crippen LogP contribution >= 0.6 is 7.82 Å². The smallest absolute Gasteiger partial charge is 0.344 e. The molecule has 0 atom stereocenters. The molecule has 0 aromatic heterocycles. The van der Waals surface area contributed by atoms with Crippen LogP contribution < -0.4 is 17.6 Å². The van der Waals surface area contributed by atoms with Gasteiger partial charge in [0.25, 0.3) is 0 Å². The van der Waals surface area contributed by atoms with Crippen molar-refractivity contribution in [2.24, 2.45) is 11.5 Å². The second-order valence-corrected chi connectivity index (χ2v) is 2.61. The fraction of sp³-hybridized carbons (Fsp3) is 1.00. The van der Waals surface area contributed by atoms with Crippen LogP contribution in [0.1, 0.15) is 13.3 Å². The lowest BCUT2D eigenvalue weighted by Crippen LogP contribution is -2.28. The Morgan fingerprint density at radius 2 is 1.45 bits per heavy atom. The number of hydrogen-bond donors (Lipinski definition) is 6. The number of nitrogens with two attached hydrogens (primary N) is 2.